The number of rotatable bonds is 14. The lowest BCUT2D eigenvalue weighted by Crippen LogP contribution is -2.50. The Balaban J connectivity index is 1.05. The molecular formula is C49H58N8O3S. The number of hydrogen-bond acceptors (Lipinski definition) is 9. The summed E-state index contributed by atoms with van der Waals surface area (Å²) in [6.45, 7) is 14.0. The van der Waals surface area contributed by atoms with Crippen LogP contribution in [0.15, 0.2) is 107 Å². The molecule has 0 saturated heterocycles. The van der Waals surface area contributed by atoms with E-state index in [1.54, 1.807) is 16.7 Å². The molecule has 3 aliphatic heterocycles. The van der Waals surface area contributed by atoms with Crippen LogP contribution in [0.2, 0.25) is 0 Å². The summed E-state index contributed by atoms with van der Waals surface area (Å²) < 4.78 is 6.87. The maximum absolute atomic E-state index is 14.7. The van der Waals surface area contributed by atoms with Crippen LogP contribution in [0.1, 0.15) is 54.7 Å². The minimum Gasteiger partial charge on any atom is -0.456 e. The summed E-state index contributed by atoms with van der Waals surface area (Å²) in [6, 6.07) is 33.2. The zero-order valence-electron chi connectivity index (χ0n) is 36.7. The molecule has 8 rings (SSSR count). The van der Waals surface area contributed by atoms with Gasteiger partial charge in [0.15, 0.2) is 0 Å². The molecule has 0 saturated carbocycles. The van der Waals surface area contributed by atoms with Crippen LogP contribution in [-0.2, 0) is 5.54 Å². The Morgan fingerprint density at radius 1 is 0.639 bits per heavy atom. The van der Waals surface area contributed by atoms with Crippen molar-refractivity contribution < 1.29 is 14.3 Å². The van der Waals surface area contributed by atoms with E-state index in [1.165, 1.54) is 0 Å². The van der Waals surface area contributed by atoms with Crippen molar-refractivity contribution in [3.63, 3.8) is 0 Å². The second-order valence-corrected chi connectivity index (χ2v) is 17.1. The van der Waals surface area contributed by atoms with Gasteiger partial charge in [0.1, 0.15) is 17.0 Å². The van der Waals surface area contributed by atoms with Gasteiger partial charge in [-0.3, -0.25) is 9.69 Å². The first-order valence-corrected chi connectivity index (χ1v) is 22.3. The van der Waals surface area contributed by atoms with Crippen LogP contribution in [0, 0.1) is 0 Å². The molecule has 0 aromatic heterocycles. The van der Waals surface area contributed by atoms with Gasteiger partial charge in [0.2, 0.25) is 0 Å². The fourth-order valence-electron chi connectivity index (χ4n) is 9.12. The molecule has 11 nitrogen and oxygen atoms in total. The van der Waals surface area contributed by atoms with Crippen LogP contribution in [0.25, 0.3) is 0 Å². The maximum Gasteiger partial charge on any atom is 0.326 e. The number of nitrogens with zero attached hydrogens (tertiary/aromatic N) is 6. The second-order valence-electron chi connectivity index (χ2n) is 16.0. The molecule has 2 N–H and O–H groups in total. The van der Waals surface area contributed by atoms with E-state index in [9.17, 15) is 9.59 Å². The number of nitrogens with one attached hydrogen (secondary N) is 2. The van der Waals surface area contributed by atoms with E-state index in [1.807, 2.05) is 75.6 Å². The number of fused-ring (bicyclic) bond motifs is 8. The van der Waals surface area contributed by atoms with Crippen molar-refractivity contribution in [1.29, 1.82) is 0 Å². The van der Waals surface area contributed by atoms with E-state index in [0.717, 1.165) is 98.3 Å². The Kier molecular flexibility index (Phi) is 11.8. The van der Waals surface area contributed by atoms with Crippen LogP contribution in [0.4, 0.5) is 38.9 Å². The Morgan fingerprint density at radius 2 is 1.16 bits per heavy atom. The monoisotopic (exact) mass is 838 g/mol. The molecule has 3 heterocycles. The molecule has 5 aromatic rings. The number of anilines is 6. The maximum atomic E-state index is 14.7. The molecule has 0 bridgehead atoms. The van der Waals surface area contributed by atoms with Crippen LogP contribution < -0.4 is 39.9 Å². The Labute approximate surface area is 365 Å². The topological polar surface area (TPSA) is 86.9 Å². The van der Waals surface area contributed by atoms with Gasteiger partial charge in [-0.2, -0.15) is 0 Å². The van der Waals surface area contributed by atoms with Gasteiger partial charge in [-0.15, -0.1) is 0 Å². The highest BCUT2D eigenvalue weighted by atomic mass is 32.2. The molecule has 318 valence electrons. The van der Waals surface area contributed by atoms with Crippen molar-refractivity contribution in [3.8, 4) is 11.5 Å². The summed E-state index contributed by atoms with van der Waals surface area (Å²) in [5, 5.41) is 6.74. The number of carbonyl (C=O) groups excluding carboxylic acids is 2. The molecule has 0 aliphatic carbocycles. The minimum absolute atomic E-state index is 0.0136. The van der Waals surface area contributed by atoms with Crippen LogP contribution in [0.3, 0.4) is 0 Å². The predicted molar refractivity (Wildman–Crippen MR) is 252 cm³/mol. The van der Waals surface area contributed by atoms with Gasteiger partial charge in [0, 0.05) is 142 Å². The molecule has 0 atom stereocenters. The molecule has 0 fully saturated rings. The summed E-state index contributed by atoms with van der Waals surface area (Å²) >= 11 is 1.69. The number of benzene rings is 5. The summed E-state index contributed by atoms with van der Waals surface area (Å²) in [4.78, 5) is 43.5. The van der Waals surface area contributed by atoms with Crippen molar-refractivity contribution >= 4 is 57.8 Å². The number of ether oxygens (including phenoxy) is 1. The van der Waals surface area contributed by atoms with Crippen molar-refractivity contribution in [2.45, 2.75) is 43.0 Å². The van der Waals surface area contributed by atoms with E-state index in [4.69, 9.17) is 4.74 Å². The van der Waals surface area contributed by atoms with Crippen molar-refractivity contribution in [3.05, 3.63) is 119 Å². The predicted octanol–water partition coefficient (Wildman–Crippen LogP) is 8.97. The fraction of sp³-hybridized carbons (Fsp3) is 0.347. The van der Waals surface area contributed by atoms with E-state index in [2.05, 4.69) is 113 Å². The highest BCUT2D eigenvalue weighted by Gasteiger charge is 2.56. The van der Waals surface area contributed by atoms with Gasteiger partial charge >= 0.3 is 6.03 Å². The standard InChI is InChI=1S/C49H58N8O3S/c1-9-54(10-2)35-17-21-39-43(29-35)60-44-30-36(55(11-3)12-4)18-22-40(44)49(39)38-16-14-13-15-37(38)47(58)56(49)28-27-50-25-26-51-48(59)57-41-23-19-33(52(5)6)31-45(41)61-46-32-34(53(7)8)20-24-42(46)57/h13-24,29-32,50H,9-12,25-28H2,1-8H3,(H,51,59). The highest BCUT2D eigenvalue weighted by molar-refractivity contribution is 7.99. The average Bonchev–Trinajstić information content (AvgIpc) is 3.51. The third-order valence-electron chi connectivity index (χ3n) is 12.3. The molecule has 0 radical (unpaired) electrons. The van der Waals surface area contributed by atoms with E-state index in [-0.39, 0.29) is 11.9 Å². The molecule has 1 spiro atoms. The van der Waals surface area contributed by atoms with E-state index >= 15 is 0 Å². The second kappa shape index (κ2) is 17.3. The van der Waals surface area contributed by atoms with E-state index < -0.39 is 5.54 Å². The van der Waals surface area contributed by atoms with Gasteiger partial charge in [-0.1, -0.05) is 42.1 Å². The number of hydrogen-bond donors (Lipinski definition) is 2. The smallest absolute Gasteiger partial charge is 0.326 e. The van der Waals surface area contributed by atoms with Crippen molar-refractivity contribution in [1.82, 2.24) is 15.5 Å². The molecule has 0 unspecified atom stereocenters. The molecule has 3 amide bonds. The quantitative estimate of drug-likeness (QED) is 0.107. The summed E-state index contributed by atoms with van der Waals surface area (Å²) in [5.74, 6) is 1.50. The number of urea groups is 1. The zero-order valence-corrected chi connectivity index (χ0v) is 37.5. The summed E-state index contributed by atoms with van der Waals surface area (Å²) in [5.41, 5.74) is 8.69. The van der Waals surface area contributed by atoms with Crippen LogP contribution in [0.5, 0.6) is 11.5 Å². The van der Waals surface area contributed by atoms with Gasteiger partial charge < -0.3 is 39.9 Å². The van der Waals surface area contributed by atoms with Crippen molar-refractivity contribution in [2.24, 2.45) is 0 Å². The first-order chi connectivity index (χ1) is 29.5. The van der Waals surface area contributed by atoms with Crippen molar-refractivity contribution in [2.75, 3.05) is 105 Å². The normalized spacial score (nSPS) is 14.1. The zero-order chi connectivity index (χ0) is 43.0. The first-order valence-electron chi connectivity index (χ1n) is 21.5. The molecule has 12 heteroatoms. The molecule has 3 aliphatic rings. The fourth-order valence-corrected chi connectivity index (χ4v) is 10.2. The van der Waals surface area contributed by atoms with Gasteiger partial charge in [0.25, 0.3) is 5.91 Å². The highest BCUT2D eigenvalue weighted by Crippen LogP contribution is 2.58. The summed E-state index contributed by atoms with van der Waals surface area (Å²) in [7, 11) is 8.10. The lowest BCUT2D eigenvalue weighted by molar-refractivity contribution is 0.0668. The lowest BCUT2D eigenvalue weighted by Gasteiger charge is -2.45. The molecule has 5 aromatic carbocycles. The SMILES string of the molecule is CCN(CC)c1ccc2c(c1)Oc1cc(N(CC)CC)ccc1C21c2ccccc2C(=O)N1CCNCCNC(=O)N1c2ccc(N(C)C)cc2Sc2cc(N(C)C)ccc21. The number of amides is 3. The third-order valence-corrected chi connectivity index (χ3v) is 13.4. The number of carbonyl (C=O) groups is 2. The van der Waals surface area contributed by atoms with Gasteiger partial charge in [-0.05, 0) is 87.9 Å². The van der Waals surface area contributed by atoms with E-state index in [0.29, 0.717) is 31.7 Å². The third kappa shape index (κ3) is 7.29. The first kappa shape index (κ1) is 41.9. The van der Waals surface area contributed by atoms with Gasteiger partial charge in [0.05, 0.1) is 11.4 Å². The Morgan fingerprint density at radius 3 is 1.69 bits per heavy atom. The Bertz CT molecular complexity index is 2330. The van der Waals surface area contributed by atoms with Gasteiger partial charge in [-0.25, -0.2) is 4.79 Å². The Hall–Kier alpha value is -5.85. The van der Waals surface area contributed by atoms with Crippen LogP contribution >= 0.6 is 11.8 Å². The average molecular weight is 839 g/mol. The molecule has 61 heavy (non-hydrogen) atoms. The van der Waals surface area contributed by atoms with Crippen LogP contribution in [-0.4, -0.2) is 97.4 Å². The largest absolute Gasteiger partial charge is 0.456 e. The lowest BCUT2D eigenvalue weighted by atomic mass is 9.74. The molecular weight excluding hydrogens is 781 g/mol. The minimum atomic E-state index is -0.901. The summed E-state index contributed by atoms with van der Waals surface area (Å²) in [6.07, 6.45) is 0.